The van der Waals surface area contributed by atoms with Crippen LogP contribution in [0, 0.1) is 11.7 Å². The molecule has 0 bridgehead atoms. The van der Waals surface area contributed by atoms with Crippen LogP contribution in [0.25, 0.3) is 0 Å². The third-order valence-electron chi connectivity index (χ3n) is 2.97. The summed E-state index contributed by atoms with van der Waals surface area (Å²) >= 11 is 0. The van der Waals surface area contributed by atoms with Crippen LogP contribution in [0.1, 0.15) is 37.6 Å². The number of hydrogen-bond acceptors (Lipinski definition) is 3. The van der Waals surface area contributed by atoms with Gasteiger partial charge in [0.1, 0.15) is 5.82 Å². The normalized spacial score (nSPS) is 12.3. The first-order chi connectivity index (χ1) is 8.49. The van der Waals surface area contributed by atoms with Crippen molar-refractivity contribution < 1.29 is 13.9 Å². The molecule has 1 atom stereocenters. The Hall–Kier alpha value is -1.58. The second-order valence-corrected chi connectivity index (χ2v) is 4.58. The van der Waals surface area contributed by atoms with Crippen molar-refractivity contribution in [1.82, 2.24) is 0 Å². The number of carbonyl (C=O) groups excluding carboxylic acids is 1. The molecular formula is C14H20FNO2. The molecule has 0 aromatic heterocycles. The molecular weight excluding hydrogens is 233 g/mol. The molecule has 0 fully saturated rings. The first kappa shape index (κ1) is 14.5. The fourth-order valence-electron chi connectivity index (χ4n) is 1.86. The Morgan fingerprint density at radius 3 is 2.61 bits per heavy atom. The highest BCUT2D eigenvalue weighted by atomic mass is 19.1. The van der Waals surface area contributed by atoms with Crippen molar-refractivity contribution >= 4 is 11.7 Å². The molecule has 100 valence electrons. The lowest BCUT2D eigenvalue weighted by Gasteiger charge is -2.23. The minimum absolute atomic E-state index is 0.190. The van der Waals surface area contributed by atoms with Gasteiger partial charge >= 0.3 is 5.97 Å². The molecule has 1 N–H and O–H groups in total. The van der Waals surface area contributed by atoms with E-state index in [2.05, 4.69) is 26.1 Å². The average Bonchev–Trinajstić information content (AvgIpc) is 2.34. The molecule has 0 radical (unpaired) electrons. The van der Waals surface area contributed by atoms with E-state index in [1.54, 1.807) is 0 Å². The van der Waals surface area contributed by atoms with Crippen LogP contribution in [-0.4, -0.2) is 19.1 Å². The predicted octanol–water partition coefficient (Wildman–Crippen LogP) is 3.46. The highest BCUT2D eigenvalue weighted by molar-refractivity contribution is 5.95. The molecule has 0 saturated carbocycles. The summed E-state index contributed by atoms with van der Waals surface area (Å²) in [7, 11) is 1.31. The summed E-state index contributed by atoms with van der Waals surface area (Å²) in [6.45, 7) is 6.21. The zero-order valence-electron chi connectivity index (χ0n) is 11.3. The Kier molecular flexibility index (Phi) is 5.13. The number of carbonyl (C=O) groups is 1. The van der Waals surface area contributed by atoms with E-state index < -0.39 is 5.97 Å². The van der Waals surface area contributed by atoms with E-state index in [-0.39, 0.29) is 11.9 Å². The quantitative estimate of drug-likeness (QED) is 0.817. The molecule has 1 aromatic carbocycles. The molecule has 1 unspecified atom stereocenters. The van der Waals surface area contributed by atoms with Gasteiger partial charge in [-0.05, 0) is 30.5 Å². The van der Waals surface area contributed by atoms with Crippen molar-refractivity contribution in [1.29, 1.82) is 0 Å². The van der Waals surface area contributed by atoms with Crippen molar-refractivity contribution in [3.63, 3.8) is 0 Å². The maximum absolute atomic E-state index is 13.3. The summed E-state index contributed by atoms with van der Waals surface area (Å²) in [5, 5.41) is 3.21. The van der Waals surface area contributed by atoms with Crippen molar-refractivity contribution in [2.75, 3.05) is 12.4 Å². The number of esters is 1. The molecule has 1 aromatic rings. The first-order valence-corrected chi connectivity index (χ1v) is 6.14. The zero-order valence-corrected chi connectivity index (χ0v) is 11.3. The maximum Gasteiger partial charge on any atom is 0.339 e. The van der Waals surface area contributed by atoms with E-state index in [4.69, 9.17) is 4.74 Å². The number of rotatable bonds is 5. The van der Waals surface area contributed by atoms with Crippen LogP contribution in [0.2, 0.25) is 0 Å². The minimum Gasteiger partial charge on any atom is -0.465 e. The number of ether oxygens (including phenoxy) is 1. The lowest BCUT2D eigenvalue weighted by Crippen LogP contribution is -2.26. The Morgan fingerprint density at radius 1 is 1.44 bits per heavy atom. The fourth-order valence-corrected chi connectivity index (χ4v) is 1.86. The monoisotopic (exact) mass is 253 g/mol. The van der Waals surface area contributed by atoms with Crippen LogP contribution in [0.5, 0.6) is 0 Å². The number of benzene rings is 1. The summed E-state index contributed by atoms with van der Waals surface area (Å²) in [5.74, 6) is -0.441. The Morgan fingerprint density at radius 2 is 2.11 bits per heavy atom. The van der Waals surface area contributed by atoms with E-state index in [0.29, 0.717) is 17.2 Å². The molecule has 0 saturated heterocycles. The molecule has 0 aliphatic rings. The molecule has 3 nitrogen and oxygen atoms in total. The number of hydrogen-bond donors (Lipinski definition) is 1. The predicted molar refractivity (Wildman–Crippen MR) is 70.3 cm³/mol. The number of halogens is 1. The lowest BCUT2D eigenvalue weighted by atomic mass is 10.0. The van der Waals surface area contributed by atoms with Gasteiger partial charge in [-0.2, -0.15) is 0 Å². The smallest absolute Gasteiger partial charge is 0.339 e. The highest BCUT2D eigenvalue weighted by Crippen LogP contribution is 2.22. The lowest BCUT2D eigenvalue weighted by molar-refractivity contribution is 0.0601. The Labute approximate surface area is 107 Å². The van der Waals surface area contributed by atoms with Crippen LogP contribution >= 0.6 is 0 Å². The van der Waals surface area contributed by atoms with Crippen LogP contribution in [-0.2, 0) is 4.74 Å². The molecule has 0 amide bonds. The first-order valence-electron chi connectivity index (χ1n) is 6.14. The highest BCUT2D eigenvalue weighted by Gasteiger charge is 2.17. The molecule has 0 spiro atoms. The van der Waals surface area contributed by atoms with Crippen LogP contribution in [0.4, 0.5) is 10.1 Å². The third-order valence-corrected chi connectivity index (χ3v) is 2.97. The molecule has 0 aliphatic carbocycles. The van der Waals surface area contributed by atoms with Crippen molar-refractivity contribution in [3.8, 4) is 0 Å². The van der Waals surface area contributed by atoms with E-state index in [1.165, 1.54) is 25.3 Å². The minimum atomic E-state index is -0.462. The van der Waals surface area contributed by atoms with E-state index in [1.807, 2.05) is 0 Å². The average molecular weight is 253 g/mol. The van der Waals surface area contributed by atoms with Gasteiger partial charge in [0, 0.05) is 6.04 Å². The van der Waals surface area contributed by atoms with Gasteiger partial charge in [0.2, 0.25) is 0 Å². The van der Waals surface area contributed by atoms with E-state index in [0.717, 1.165) is 6.42 Å². The zero-order chi connectivity index (χ0) is 13.7. The molecule has 0 heterocycles. The molecule has 18 heavy (non-hydrogen) atoms. The number of nitrogens with one attached hydrogen (secondary N) is 1. The van der Waals surface area contributed by atoms with Gasteiger partial charge in [0.05, 0.1) is 18.4 Å². The van der Waals surface area contributed by atoms with Gasteiger partial charge in [-0.3, -0.25) is 0 Å². The summed E-state index contributed by atoms with van der Waals surface area (Å²) in [5.41, 5.74) is 0.848. The molecule has 0 aliphatic heterocycles. The van der Waals surface area contributed by atoms with Crippen molar-refractivity contribution in [2.24, 2.45) is 5.92 Å². The third kappa shape index (κ3) is 3.45. The number of anilines is 1. The number of methoxy groups -OCH3 is 1. The van der Waals surface area contributed by atoms with Crippen molar-refractivity contribution in [3.05, 3.63) is 29.6 Å². The van der Waals surface area contributed by atoms with E-state index in [9.17, 15) is 9.18 Å². The van der Waals surface area contributed by atoms with Gasteiger partial charge < -0.3 is 10.1 Å². The van der Waals surface area contributed by atoms with E-state index >= 15 is 0 Å². The summed E-state index contributed by atoms with van der Waals surface area (Å²) < 4.78 is 18.0. The van der Waals surface area contributed by atoms with Crippen LogP contribution < -0.4 is 5.32 Å². The summed E-state index contributed by atoms with van der Waals surface area (Å²) in [6.07, 6.45) is 0.898. The molecule has 1 rings (SSSR count). The summed E-state index contributed by atoms with van der Waals surface area (Å²) in [4.78, 5) is 11.6. The second kappa shape index (κ2) is 6.38. The fraction of sp³-hybridized carbons (Fsp3) is 0.500. The van der Waals surface area contributed by atoms with Crippen LogP contribution in [0.15, 0.2) is 18.2 Å². The van der Waals surface area contributed by atoms with Gasteiger partial charge in [0.25, 0.3) is 0 Å². The topological polar surface area (TPSA) is 38.3 Å². The Balaban J connectivity index is 3.05. The van der Waals surface area contributed by atoms with Crippen LogP contribution in [0.3, 0.4) is 0 Å². The van der Waals surface area contributed by atoms with Crippen molar-refractivity contribution in [2.45, 2.75) is 33.2 Å². The van der Waals surface area contributed by atoms with Gasteiger partial charge in [-0.25, -0.2) is 9.18 Å². The van der Waals surface area contributed by atoms with Gasteiger partial charge in [0.15, 0.2) is 0 Å². The SMILES string of the molecule is CCC(Nc1cc(F)ccc1C(=O)OC)C(C)C. The van der Waals surface area contributed by atoms with Gasteiger partial charge in [-0.1, -0.05) is 20.8 Å². The molecule has 4 heteroatoms. The Bertz CT molecular complexity index is 418. The maximum atomic E-state index is 13.3. The second-order valence-electron chi connectivity index (χ2n) is 4.58. The summed E-state index contributed by atoms with van der Waals surface area (Å²) in [6, 6.07) is 4.22. The largest absolute Gasteiger partial charge is 0.465 e. The van der Waals surface area contributed by atoms with Gasteiger partial charge in [-0.15, -0.1) is 0 Å². The standard InChI is InChI=1S/C14H20FNO2/c1-5-12(9(2)3)16-13-8-10(15)6-7-11(13)14(17)18-4/h6-9,12,16H,5H2,1-4H3.